The van der Waals surface area contributed by atoms with Crippen LogP contribution in [-0.2, 0) is 9.47 Å². The highest BCUT2D eigenvalue weighted by atomic mass is 32.2. The van der Waals surface area contributed by atoms with Crippen molar-refractivity contribution >= 4 is 23.5 Å². The molecule has 0 amide bonds. The number of aliphatic hydroxyl groups is 3. The lowest BCUT2D eigenvalue weighted by Crippen LogP contribution is -2.54. The number of ether oxygens (including phenoxy) is 2. The molecule has 0 aromatic carbocycles. The average molecular weight is 415 g/mol. The number of aromatic nitrogens is 2. The van der Waals surface area contributed by atoms with Gasteiger partial charge in [-0.25, -0.2) is 4.98 Å². The molecule has 1 aromatic heterocycles. The second-order valence-electron chi connectivity index (χ2n) is 7.17. The molecule has 3 heterocycles. The topological polar surface area (TPSA) is 134 Å². The van der Waals surface area contributed by atoms with Gasteiger partial charge in [0, 0.05) is 6.20 Å². The summed E-state index contributed by atoms with van der Waals surface area (Å²) in [4.78, 5) is 10.7. The average Bonchev–Trinajstić information content (AvgIpc) is 3.20. The fourth-order valence-corrected chi connectivity index (χ4v) is 4.49. The Labute approximate surface area is 169 Å². The van der Waals surface area contributed by atoms with E-state index in [2.05, 4.69) is 16.9 Å². The second-order valence-corrected chi connectivity index (χ2v) is 8.16. The molecule has 3 rings (SSSR count). The van der Waals surface area contributed by atoms with Crippen LogP contribution in [-0.4, -0.2) is 68.6 Å². The molecule has 0 bridgehead atoms. The quantitative estimate of drug-likeness (QED) is 0.325. The summed E-state index contributed by atoms with van der Waals surface area (Å²) in [6, 6.07) is 0. The number of nitrogen functional groups attached to an aromatic ring is 1. The second kappa shape index (κ2) is 9.55. The van der Waals surface area contributed by atoms with Gasteiger partial charge in [-0.1, -0.05) is 50.8 Å². The van der Waals surface area contributed by atoms with Gasteiger partial charge in [0.15, 0.2) is 18.1 Å². The highest BCUT2D eigenvalue weighted by Gasteiger charge is 2.59. The van der Waals surface area contributed by atoms with E-state index in [1.165, 1.54) is 31.0 Å². The van der Waals surface area contributed by atoms with E-state index in [-0.39, 0.29) is 12.6 Å². The number of unbranched alkanes of at least 4 members (excludes halogenated alkanes) is 5. The molecule has 10 heteroatoms. The lowest BCUT2D eigenvalue weighted by atomic mass is 10.1. The Hall–Kier alpha value is -1.17. The fraction of sp³-hybridized carbons (Fsp3) is 0.778. The maximum absolute atomic E-state index is 10.9. The Morgan fingerprint density at radius 3 is 2.86 bits per heavy atom. The Bertz CT molecular complexity index is 654. The first kappa shape index (κ1) is 21.5. The third-order valence-electron chi connectivity index (χ3n) is 5.15. The molecule has 1 saturated heterocycles. The minimum absolute atomic E-state index is 0.118. The number of thioether (sulfide) groups is 1. The van der Waals surface area contributed by atoms with Crippen molar-refractivity contribution in [2.75, 3.05) is 29.7 Å². The summed E-state index contributed by atoms with van der Waals surface area (Å²) in [6.07, 6.45) is 4.76. The minimum Gasteiger partial charge on any atom is -0.393 e. The van der Waals surface area contributed by atoms with Gasteiger partial charge in [-0.05, 0) is 6.42 Å². The van der Waals surface area contributed by atoms with Crippen LogP contribution in [0.25, 0.3) is 0 Å². The van der Waals surface area contributed by atoms with Gasteiger partial charge in [0.05, 0.1) is 24.0 Å². The Balaban J connectivity index is 1.62. The molecule has 0 saturated carbocycles. The minimum atomic E-state index is -1.98. The summed E-state index contributed by atoms with van der Waals surface area (Å²) >= 11 is 1.48. The van der Waals surface area contributed by atoms with Crippen LogP contribution in [0.5, 0.6) is 0 Å². The van der Waals surface area contributed by atoms with E-state index in [1.807, 2.05) is 0 Å². The van der Waals surface area contributed by atoms with Gasteiger partial charge >= 0.3 is 0 Å². The van der Waals surface area contributed by atoms with E-state index in [0.717, 1.165) is 24.2 Å². The number of hydrogen-bond donors (Lipinski definition) is 4. The summed E-state index contributed by atoms with van der Waals surface area (Å²) in [5.74, 6) is -0.860. The first-order valence-electron chi connectivity index (χ1n) is 9.84. The normalized spacial score (nSPS) is 29.4. The number of anilines is 2. The van der Waals surface area contributed by atoms with Crippen LogP contribution in [0.2, 0.25) is 0 Å². The zero-order valence-electron chi connectivity index (χ0n) is 16.2. The number of nitrogens with two attached hydrogens (primary N) is 1. The number of nitrogens with zero attached hydrogens (tertiary/aromatic N) is 3. The van der Waals surface area contributed by atoms with Crippen molar-refractivity contribution in [3.63, 3.8) is 0 Å². The molecule has 4 atom stereocenters. The van der Waals surface area contributed by atoms with Crippen LogP contribution in [0.3, 0.4) is 0 Å². The molecule has 1 fully saturated rings. The lowest BCUT2D eigenvalue weighted by Gasteiger charge is -2.31. The summed E-state index contributed by atoms with van der Waals surface area (Å²) in [7, 11) is 0. The molecule has 0 spiro atoms. The van der Waals surface area contributed by atoms with Gasteiger partial charge in [-0.15, -0.1) is 0 Å². The van der Waals surface area contributed by atoms with Crippen molar-refractivity contribution in [3.8, 4) is 0 Å². The van der Waals surface area contributed by atoms with E-state index in [9.17, 15) is 15.3 Å². The molecule has 0 aliphatic carbocycles. The first-order valence-corrected chi connectivity index (χ1v) is 10.8. The number of hydrogen-bond acceptors (Lipinski definition) is 10. The Kier molecular flexibility index (Phi) is 7.35. The monoisotopic (exact) mass is 414 g/mol. The van der Waals surface area contributed by atoms with Gasteiger partial charge in [-0.2, -0.15) is 4.98 Å². The predicted octanol–water partition coefficient (Wildman–Crippen LogP) is 1.07. The first-order chi connectivity index (χ1) is 13.5. The van der Waals surface area contributed by atoms with Crippen LogP contribution in [0.4, 0.5) is 11.8 Å². The standard InChI is InChI=1S/C18H30N4O5S/c1-2-3-4-5-6-7-8-26-18(25)13(10-23)27-16(14(18)24)22-11-28-12-9-20-17(19)21-15(12)22/h9,13-14,16,23-25H,2-8,10-11H2,1H3,(H2,19,20,21)/t13-,14+,16-,18-/m1/s1. The third-order valence-corrected chi connectivity index (χ3v) is 6.16. The maximum Gasteiger partial charge on any atom is 0.226 e. The van der Waals surface area contributed by atoms with E-state index >= 15 is 0 Å². The largest absolute Gasteiger partial charge is 0.393 e. The van der Waals surface area contributed by atoms with Crippen molar-refractivity contribution < 1.29 is 24.8 Å². The van der Waals surface area contributed by atoms with Crippen LogP contribution in [0, 0.1) is 0 Å². The highest BCUT2D eigenvalue weighted by Crippen LogP contribution is 2.43. The summed E-state index contributed by atoms with van der Waals surface area (Å²) in [6.45, 7) is 1.98. The molecule has 5 N–H and O–H groups in total. The SMILES string of the molecule is CCCCCCCCO[C@]1(O)[C@@H](CO)O[C@@H](N2CSc3cnc(N)nc32)[C@@H]1O. The number of rotatable bonds is 10. The summed E-state index contributed by atoms with van der Waals surface area (Å²) in [5, 5.41) is 31.4. The molecule has 2 aliphatic rings. The van der Waals surface area contributed by atoms with Gasteiger partial charge in [0.25, 0.3) is 0 Å². The van der Waals surface area contributed by atoms with Gasteiger partial charge < -0.3 is 35.4 Å². The molecule has 2 aliphatic heterocycles. The third kappa shape index (κ3) is 4.37. The fourth-order valence-electron chi connectivity index (χ4n) is 3.53. The Morgan fingerprint density at radius 2 is 2.11 bits per heavy atom. The van der Waals surface area contributed by atoms with Gasteiger partial charge in [-0.3, -0.25) is 0 Å². The van der Waals surface area contributed by atoms with Crippen LogP contribution >= 0.6 is 11.8 Å². The summed E-state index contributed by atoms with van der Waals surface area (Å²) in [5.41, 5.74) is 5.68. The smallest absolute Gasteiger partial charge is 0.226 e. The zero-order chi connectivity index (χ0) is 20.1. The lowest BCUT2D eigenvalue weighted by molar-refractivity contribution is -0.266. The molecule has 0 radical (unpaired) electrons. The summed E-state index contributed by atoms with van der Waals surface area (Å²) < 4.78 is 11.4. The van der Waals surface area contributed by atoms with Crippen LogP contribution < -0.4 is 10.6 Å². The molecule has 9 nitrogen and oxygen atoms in total. The molecular weight excluding hydrogens is 384 g/mol. The van der Waals surface area contributed by atoms with E-state index in [1.54, 1.807) is 11.1 Å². The number of aliphatic hydroxyl groups excluding tert-OH is 2. The van der Waals surface area contributed by atoms with E-state index < -0.39 is 30.8 Å². The predicted molar refractivity (Wildman–Crippen MR) is 106 cm³/mol. The molecule has 28 heavy (non-hydrogen) atoms. The van der Waals surface area contributed by atoms with Crippen molar-refractivity contribution in [2.45, 2.75) is 74.6 Å². The zero-order valence-corrected chi connectivity index (χ0v) is 17.0. The van der Waals surface area contributed by atoms with Gasteiger partial charge in [0.1, 0.15) is 6.10 Å². The maximum atomic E-state index is 10.9. The molecule has 1 aromatic rings. The van der Waals surface area contributed by atoms with Crippen molar-refractivity contribution in [2.24, 2.45) is 0 Å². The number of fused-ring (bicyclic) bond motifs is 1. The Morgan fingerprint density at radius 1 is 1.36 bits per heavy atom. The van der Waals surface area contributed by atoms with Crippen LogP contribution in [0.1, 0.15) is 45.4 Å². The highest BCUT2D eigenvalue weighted by molar-refractivity contribution is 7.99. The van der Waals surface area contributed by atoms with Crippen molar-refractivity contribution in [3.05, 3.63) is 6.20 Å². The van der Waals surface area contributed by atoms with Gasteiger partial charge in [0.2, 0.25) is 11.7 Å². The van der Waals surface area contributed by atoms with E-state index in [4.69, 9.17) is 15.2 Å². The molecule has 158 valence electrons. The van der Waals surface area contributed by atoms with Crippen molar-refractivity contribution in [1.82, 2.24) is 9.97 Å². The molecular formula is C18H30N4O5S. The van der Waals surface area contributed by atoms with Crippen LogP contribution in [0.15, 0.2) is 11.1 Å². The van der Waals surface area contributed by atoms with E-state index in [0.29, 0.717) is 11.7 Å². The van der Waals surface area contributed by atoms with Crippen molar-refractivity contribution in [1.29, 1.82) is 0 Å². The molecule has 0 unspecified atom stereocenters.